The van der Waals surface area contributed by atoms with Crippen molar-refractivity contribution in [3.63, 3.8) is 0 Å². The van der Waals surface area contributed by atoms with Crippen LogP contribution in [0, 0.1) is 10.1 Å². The number of ether oxygens (including phenoxy) is 1. The lowest BCUT2D eigenvalue weighted by atomic mass is 9.87. The van der Waals surface area contributed by atoms with Gasteiger partial charge in [-0.25, -0.2) is 0 Å². The number of carbonyl (C=O) groups is 2. The minimum absolute atomic E-state index is 0.102. The predicted molar refractivity (Wildman–Crippen MR) is 136 cm³/mol. The van der Waals surface area contributed by atoms with Crippen LogP contribution in [0.25, 0.3) is 5.76 Å². The molecule has 1 saturated heterocycles. The zero-order valence-electron chi connectivity index (χ0n) is 20.4. The van der Waals surface area contributed by atoms with Crippen LogP contribution in [0.4, 0.5) is 11.4 Å². The van der Waals surface area contributed by atoms with Crippen LogP contribution in [0.1, 0.15) is 43.5 Å². The fraction of sp³-hybridized carbons (Fsp3) is 0.214. The number of anilines is 1. The second-order valence-corrected chi connectivity index (χ2v) is 9.55. The predicted octanol–water partition coefficient (Wildman–Crippen LogP) is 5.53. The quantitative estimate of drug-likeness (QED) is 0.167. The summed E-state index contributed by atoms with van der Waals surface area (Å²) < 4.78 is 5.35. The Balaban J connectivity index is 1.90. The number of nitro groups is 1. The van der Waals surface area contributed by atoms with Crippen molar-refractivity contribution >= 4 is 28.8 Å². The number of nitro benzene ring substituents is 1. The number of amides is 1. The lowest BCUT2D eigenvalue weighted by Gasteiger charge is -2.27. The summed E-state index contributed by atoms with van der Waals surface area (Å²) in [5.74, 6) is -1.52. The maximum atomic E-state index is 13.3. The molecule has 1 fully saturated rings. The van der Waals surface area contributed by atoms with Crippen molar-refractivity contribution in [3.05, 3.63) is 105 Å². The Morgan fingerprint density at radius 1 is 1.00 bits per heavy atom. The minimum Gasteiger partial charge on any atom is -0.507 e. The van der Waals surface area contributed by atoms with E-state index < -0.39 is 28.4 Å². The molecular weight excluding hydrogens is 460 g/mol. The Hall–Kier alpha value is -4.46. The van der Waals surface area contributed by atoms with E-state index in [1.54, 1.807) is 36.4 Å². The van der Waals surface area contributed by atoms with Gasteiger partial charge in [0.1, 0.15) is 11.5 Å². The highest BCUT2D eigenvalue weighted by Gasteiger charge is 2.47. The molecule has 0 aliphatic carbocycles. The second kappa shape index (κ2) is 9.30. The molecule has 184 valence electrons. The van der Waals surface area contributed by atoms with Crippen molar-refractivity contribution in [3.8, 4) is 5.75 Å². The van der Waals surface area contributed by atoms with Gasteiger partial charge in [-0.05, 0) is 52.9 Å². The first kappa shape index (κ1) is 24.7. The average Bonchev–Trinajstić information content (AvgIpc) is 3.13. The number of benzene rings is 3. The Labute approximate surface area is 208 Å². The van der Waals surface area contributed by atoms with Gasteiger partial charge in [-0.2, -0.15) is 0 Å². The monoisotopic (exact) mass is 486 g/mol. The summed E-state index contributed by atoms with van der Waals surface area (Å²) in [5, 5.41) is 22.2. The molecule has 1 unspecified atom stereocenters. The van der Waals surface area contributed by atoms with Gasteiger partial charge in [-0.15, -0.1) is 0 Å². The van der Waals surface area contributed by atoms with Gasteiger partial charge in [0, 0.05) is 23.4 Å². The molecule has 0 bridgehead atoms. The maximum Gasteiger partial charge on any atom is 0.300 e. The van der Waals surface area contributed by atoms with Crippen LogP contribution in [0.2, 0.25) is 0 Å². The van der Waals surface area contributed by atoms with Gasteiger partial charge < -0.3 is 9.84 Å². The average molecular weight is 487 g/mol. The lowest BCUT2D eigenvalue weighted by Crippen LogP contribution is -2.29. The summed E-state index contributed by atoms with van der Waals surface area (Å²) in [6.45, 7) is 6.23. The molecule has 0 spiro atoms. The summed E-state index contributed by atoms with van der Waals surface area (Å²) in [6.07, 6.45) is 0. The molecule has 1 N–H and O–H groups in total. The lowest BCUT2D eigenvalue weighted by molar-refractivity contribution is -0.384. The molecule has 0 radical (unpaired) electrons. The van der Waals surface area contributed by atoms with E-state index in [4.69, 9.17) is 4.74 Å². The maximum absolute atomic E-state index is 13.3. The number of Topliss-reactive ketones (excluding diaryl/α,β-unsaturated/α-hetero) is 1. The molecule has 8 heteroatoms. The zero-order valence-corrected chi connectivity index (χ0v) is 20.4. The van der Waals surface area contributed by atoms with Gasteiger partial charge in [0.15, 0.2) is 0 Å². The van der Waals surface area contributed by atoms with E-state index in [1.165, 1.54) is 36.3 Å². The minimum atomic E-state index is -0.934. The van der Waals surface area contributed by atoms with Crippen LogP contribution >= 0.6 is 0 Å². The molecule has 1 atom stereocenters. The molecule has 3 aromatic carbocycles. The first-order valence-electron chi connectivity index (χ1n) is 11.3. The molecule has 1 aliphatic heterocycles. The van der Waals surface area contributed by atoms with Crippen LogP contribution in [0.3, 0.4) is 0 Å². The normalized spacial score (nSPS) is 17.3. The highest BCUT2D eigenvalue weighted by molar-refractivity contribution is 6.51. The number of non-ortho nitro benzene ring substituents is 1. The summed E-state index contributed by atoms with van der Waals surface area (Å²) in [5.41, 5.74) is 1.95. The van der Waals surface area contributed by atoms with Crippen LogP contribution in [-0.2, 0) is 15.0 Å². The Morgan fingerprint density at radius 3 is 2.19 bits per heavy atom. The number of hydrogen-bond donors (Lipinski definition) is 1. The van der Waals surface area contributed by atoms with Gasteiger partial charge in [0.05, 0.1) is 23.6 Å². The SMILES string of the molecule is COc1cccc(C2/C(=C(/O)c3ccc([N+](=O)[O-])cc3)C(=O)C(=O)N2c2ccc(C(C)(C)C)cc2)c1. The topological polar surface area (TPSA) is 110 Å². The number of hydrogen-bond acceptors (Lipinski definition) is 6. The van der Waals surface area contributed by atoms with E-state index in [1.807, 2.05) is 12.1 Å². The number of nitrogens with zero attached hydrogens (tertiary/aromatic N) is 2. The Bertz CT molecular complexity index is 1370. The van der Waals surface area contributed by atoms with Gasteiger partial charge in [-0.3, -0.25) is 24.6 Å². The highest BCUT2D eigenvalue weighted by Crippen LogP contribution is 2.43. The Kier molecular flexibility index (Phi) is 6.37. The van der Waals surface area contributed by atoms with E-state index >= 15 is 0 Å². The van der Waals surface area contributed by atoms with Crippen LogP contribution < -0.4 is 9.64 Å². The van der Waals surface area contributed by atoms with E-state index in [0.29, 0.717) is 17.0 Å². The molecule has 1 aliphatic rings. The zero-order chi connectivity index (χ0) is 26.2. The number of rotatable bonds is 5. The van der Waals surface area contributed by atoms with Gasteiger partial charge in [0.25, 0.3) is 17.4 Å². The summed E-state index contributed by atoms with van der Waals surface area (Å²) >= 11 is 0. The third-order valence-electron chi connectivity index (χ3n) is 6.22. The first-order chi connectivity index (χ1) is 17.0. The number of carbonyl (C=O) groups excluding carboxylic acids is 2. The third-order valence-corrected chi connectivity index (χ3v) is 6.22. The van der Waals surface area contributed by atoms with E-state index in [-0.39, 0.29) is 22.2 Å². The highest BCUT2D eigenvalue weighted by atomic mass is 16.6. The fourth-order valence-corrected chi connectivity index (χ4v) is 4.24. The summed E-state index contributed by atoms with van der Waals surface area (Å²) in [4.78, 5) is 38.5. The number of aliphatic hydroxyl groups excluding tert-OH is 1. The fourth-order valence-electron chi connectivity index (χ4n) is 4.24. The molecule has 1 amide bonds. The van der Waals surface area contributed by atoms with Crippen LogP contribution in [-0.4, -0.2) is 28.8 Å². The summed E-state index contributed by atoms with van der Waals surface area (Å²) in [6, 6.07) is 18.5. The van der Waals surface area contributed by atoms with E-state index in [0.717, 1.165) is 5.56 Å². The summed E-state index contributed by atoms with van der Waals surface area (Å²) in [7, 11) is 1.51. The molecule has 1 heterocycles. The van der Waals surface area contributed by atoms with Crippen LogP contribution in [0.5, 0.6) is 5.75 Å². The standard InChI is InChI=1S/C28H26N2O6/c1-28(2,3)19-10-14-20(15-11-19)29-24(18-6-5-7-22(16-18)36-4)23(26(32)27(29)33)25(31)17-8-12-21(13-9-17)30(34)35/h5-16,24,31H,1-4H3/b25-23-. The molecule has 4 rings (SSSR count). The van der Waals surface area contributed by atoms with Crippen molar-refractivity contribution < 1.29 is 24.4 Å². The molecular formula is C28H26N2O6. The molecule has 3 aromatic rings. The molecule has 0 aromatic heterocycles. The van der Waals surface area contributed by atoms with Crippen LogP contribution in [0.15, 0.2) is 78.4 Å². The molecule has 8 nitrogen and oxygen atoms in total. The number of aliphatic hydroxyl groups is 1. The van der Waals surface area contributed by atoms with Crippen molar-refractivity contribution in [2.45, 2.75) is 32.2 Å². The molecule has 36 heavy (non-hydrogen) atoms. The number of methoxy groups -OCH3 is 1. The first-order valence-corrected chi connectivity index (χ1v) is 11.3. The van der Waals surface area contributed by atoms with Crippen molar-refractivity contribution in [2.24, 2.45) is 0 Å². The van der Waals surface area contributed by atoms with Gasteiger partial charge in [0.2, 0.25) is 0 Å². The molecule has 0 saturated carbocycles. The van der Waals surface area contributed by atoms with E-state index in [2.05, 4.69) is 20.8 Å². The van der Waals surface area contributed by atoms with Gasteiger partial charge in [-0.1, -0.05) is 45.0 Å². The third kappa shape index (κ3) is 4.45. The second-order valence-electron chi connectivity index (χ2n) is 9.55. The Morgan fingerprint density at radius 2 is 1.64 bits per heavy atom. The van der Waals surface area contributed by atoms with Crippen molar-refractivity contribution in [1.82, 2.24) is 0 Å². The van der Waals surface area contributed by atoms with E-state index in [9.17, 15) is 24.8 Å². The number of ketones is 1. The van der Waals surface area contributed by atoms with Crippen molar-refractivity contribution in [1.29, 1.82) is 0 Å². The largest absolute Gasteiger partial charge is 0.507 e. The smallest absolute Gasteiger partial charge is 0.300 e. The van der Waals surface area contributed by atoms with Gasteiger partial charge >= 0.3 is 0 Å². The van der Waals surface area contributed by atoms with Crippen molar-refractivity contribution in [2.75, 3.05) is 12.0 Å².